The number of anilines is 3. The van der Waals surface area contributed by atoms with Gasteiger partial charge in [-0.05, 0) is 54.3 Å². The number of fused-ring (bicyclic) bond motifs is 1. The summed E-state index contributed by atoms with van der Waals surface area (Å²) in [5, 5.41) is 9.13. The molecule has 1 saturated heterocycles. The number of hydrogen-bond acceptors (Lipinski definition) is 8. The normalized spacial score (nSPS) is 13.1. The average Bonchev–Trinajstić information content (AvgIpc) is 3.72. The van der Waals surface area contributed by atoms with Crippen LogP contribution in [0.4, 0.5) is 17.3 Å². The highest BCUT2D eigenvalue weighted by Crippen LogP contribution is 2.35. The Morgan fingerprint density at radius 1 is 0.851 bits per heavy atom. The van der Waals surface area contributed by atoms with Gasteiger partial charge >= 0.3 is 0 Å². The Hall–Kier alpha value is -5.15. The fourth-order valence-electron chi connectivity index (χ4n) is 5.81. The van der Waals surface area contributed by atoms with Crippen LogP contribution in [0.3, 0.4) is 0 Å². The molecule has 3 aromatic heterocycles. The summed E-state index contributed by atoms with van der Waals surface area (Å²) in [6.07, 6.45) is 5.83. The molecule has 8 nitrogen and oxygen atoms in total. The van der Waals surface area contributed by atoms with E-state index in [4.69, 9.17) is 9.97 Å². The number of benzene rings is 3. The molecule has 9 heteroatoms. The van der Waals surface area contributed by atoms with Gasteiger partial charge in [0.05, 0.1) is 17.2 Å². The van der Waals surface area contributed by atoms with Gasteiger partial charge in [-0.1, -0.05) is 75.0 Å². The minimum Gasteiger partial charge on any atom is -0.378 e. The lowest BCUT2D eigenvalue weighted by molar-refractivity contribution is 0.275. The van der Waals surface area contributed by atoms with Gasteiger partial charge in [-0.3, -0.25) is 4.40 Å². The fourth-order valence-corrected chi connectivity index (χ4v) is 6.52. The molecule has 0 amide bonds. The second kappa shape index (κ2) is 14.5. The molecule has 240 valence electrons. The van der Waals surface area contributed by atoms with Crippen molar-refractivity contribution in [2.24, 2.45) is 0 Å². The maximum atomic E-state index is 5.01. The first-order chi connectivity index (χ1) is 23.0. The van der Waals surface area contributed by atoms with Crippen LogP contribution >= 0.6 is 11.3 Å². The fraction of sp³-hybridized carbons (Fsp3) is 0.237. The highest BCUT2D eigenvalue weighted by Gasteiger charge is 2.22. The van der Waals surface area contributed by atoms with Crippen molar-refractivity contribution in [3.8, 4) is 33.8 Å². The Bertz CT molecular complexity index is 1900. The largest absolute Gasteiger partial charge is 0.378 e. The molecular formula is C38H42N8S. The monoisotopic (exact) mass is 642 g/mol. The Kier molecular flexibility index (Phi) is 9.83. The van der Waals surface area contributed by atoms with Gasteiger partial charge in [-0.25, -0.2) is 15.0 Å². The minimum atomic E-state index is 0.278. The van der Waals surface area contributed by atoms with Crippen molar-refractivity contribution in [2.45, 2.75) is 32.7 Å². The standard InChI is InChI=1S/C36H36N8S.C2H6/c1-25(38-29-13-15-31(16-14-29)42(2)3)43-21-18-30(19-22-43)39-35-37-20-17-32(40-35)34-33(41-36-44(34)23-24-45-36)28-11-9-27(10-12-28)26-7-5-4-6-8-26;1-2/h4-17,20,23-24,30,38H,1,18-19,21-22H2,2-3H3,(H,37,39,40);1-2H3. The van der Waals surface area contributed by atoms with Crippen LogP contribution in [0.25, 0.3) is 38.7 Å². The molecule has 6 aromatic rings. The zero-order chi connectivity index (χ0) is 32.8. The van der Waals surface area contributed by atoms with E-state index in [0.717, 1.165) is 65.0 Å². The van der Waals surface area contributed by atoms with E-state index in [1.54, 1.807) is 11.3 Å². The molecule has 1 aliphatic heterocycles. The van der Waals surface area contributed by atoms with E-state index in [2.05, 4.69) is 121 Å². The number of likely N-dealkylation sites (tertiary alicyclic amines) is 1. The van der Waals surface area contributed by atoms with E-state index in [9.17, 15) is 0 Å². The maximum Gasteiger partial charge on any atom is 0.223 e. The lowest BCUT2D eigenvalue weighted by atomic mass is 10.0. The summed E-state index contributed by atoms with van der Waals surface area (Å²) in [5.74, 6) is 1.56. The van der Waals surface area contributed by atoms with E-state index in [-0.39, 0.29) is 6.04 Å². The topological polar surface area (TPSA) is 73.6 Å². The second-order valence-electron chi connectivity index (χ2n) is 11.5. The Labute approximate surface area is 281 Å². The molecule has 7 rings (SSSR count). The molecule has 1 fully saturated rings. The molecular weight excluding hydrogens is 601 g/mol. The summed E-state index contributed by atoms with van der Waals surface area (Å²) in [7, 11) is 4.09. The lowest BCUT2D eigenvalue weighted by Gasteiger charge is -2.35. The summed E-state index contributed by atoms with van der Waals surface area (Å²) >= 11 is 1.62. The summed E-state index contributed by atoms with van der Waals surface area (Å²) in [6.45, 7) is 10.1. The lowest BCUT2D eigenvalue weighted by Crippen LogP contribution is -2.40. The maximum absolute atomic E-state index is 5.01. The van der Waals surface area contributed by atoms with Gasteiger partial charge in [-0.15, -0.1) is 11.3 Å². The van der Waals surface area contributed by atoms with Crippen molar-refractivity contribution in [3.63, 3.8) is 0 Å². The molecule has 2 N–H and O–H groups in total. The second-order valence-corrected chi connectivity index (χ2v) is 12.4. The van der Waals surface area contributed by atoms with Gasteiger partial charge < -0.3 is 20.4 Å². The van der Waals surface area contributed by atoms with Crippen LogP contribution in [-0.4, -0.2) is 57.5 Å². The Balaban J connectivity index is 0.00000190. The van der Waals surface area contributed by atoms with Crippen LogP contribution < -0.4 is 15.5 Å². The molecule has 1 aliphatic rings. The molecule has 0 aliphatic carbocycles. The number of aromatic nitrogens is 4. The Morgan fingerprint density at radius 2 is 1.53 bits per heavy atom. The molecule has 4 heterocycles. The van der Waals surface area contributed by atoms with Crippen molar-refractivity contribution in [3.05, 3.63) is 115 Å². The van der Waals surface area contributed by atoms with Crippen LogP contribution in [0.1, 0.15) is 26.7 Å². The summed E-state index contributed by atoms with van der Waals surface area (Å²) in [4.78, 5) is 19.9. The summed E-state index contributed by atoms with van der Waals surface area (Å²) in [5.41, 5.74) is 8.39. The molecule has 0 radical (unpaired) electrons. The predicted molar refractivity (Wildman–Crippen MR) is 198 cm³/mol. The van der Waals surface area contributed by atoms with Gasteiger partial charge in [0.15, 0.2) is 4.96 Å². The number of hydrogen-bond donors (Lipinski definition) is 2. The van der Waals surface area contributed by atoms with Crippen LogP contribution in [0.5, 0.6) is 0 Å². The third-order valence-corrected chi connectivity index (χ3v) is 9.06. The number of thiazole rings is 1. The summed E-state index contributed by atoms with van der Waals surface area (Å²) < 4.78 is 2.13. The number of nitrogens with zero attached hydrogens (tertiary/aromatic N) is 6. The first kappa shape index (κ1) is 31.8. The molecule has 0 atom stereocenters. The van der Waals surface area contributed by atoms with Crippen molar-refractivity contribution < 1.29 is 0 Å². The SMILES string of the molecule is C=C(Nc1ccc(N(C)C)cc1)N1CCC(Nc2nccc(-c3c(-c4ccc(-c5ccccc5)cc4)nc4sccn34)n2)CC1.CC. The van der Waals surface area contributed by atoms with Crippen molar-refractivity contribution in [1.29, 1.82) is 0 Å². The first-order valence-electron chi connectivity index (χ1n) is 16.2. The Morgan fingerprint density at radius 3 is 2.23 bits per heavy atom. The highest BCUT2D eigenvalue weighted by molar-refractivity contribution is 7.15. The molecule has 0 bridgehead atoms. The smallest absolute Gasteiger partial charge is 0.223 e. The molecule has 3 aromatic carbocycles. The van der Waals surface area contributed by atoms with Gasteiger partial charge in [0.2, 0.25) is 5.95 Å². The van der Waals surface area contributed by atoms with Crippen LogP contribution in [-0.2, 0) is 0 Å². The van der Waals surface area contributed by atoms with Crippen LogP contribution in [0, 0.1) is 0 Å². The van der Waals surface area contributed by atoms with Crippen LogP contribution in [0.15, 0.2) is 115 Å². The summed E-state index contributed by atoms with van der Waals surface area (Å²) in [6, 6.07) is 29.7. The van der Waals surface area contributed by atoms with Gasteiger partial charge in [0.1, 0.15) is 5.69 Å². The molecule has 0 saturated carbocycles. The van der Waals surface area contributed by atoms with E-state index in [1.807, 2.05) is 46.3 Å². The highest BCUT2D eigenvalue weighted by atomic mass is 32.1. The third-order valence-electron chi connectivity index (χ3n) is 8.31. The van der Waals surface area contributed by atoms with E-state index >= 15 is 0 Å². The van der Waals surface area contributed by atoms with Gasteiger partial charge in [0.25, 0.3) is 0 Å². The predicted octanol–water partition coefficient (Wildman–Crippen LogP) is 8.74. The van der Waals surface area contributed by atoms with Crippen molar-refractivity contribution >= 4 is 33.6 Å². The minimum absolute atomic E-state index is 0.278. The number of imidazole rings is 1. The van der Waals surface area contributed by atoms with Crippen molar-refractivity contribution in [2.75, 3.05) is 42.7 Å². The van der Waals surface area contributed by atoms with Crippen molar-refractivity contribution in [1.82, 2.24) is 24.3 Å². The molecule has 47 heavy (non-hydrogen) atoms. The van der Waals surface area contributed by atoms with Gasteiger partial charge in [-0.2, -0.15) is 0 Å². The zero-order valence-corrected chi connectivity index (χ0v) is 28.3. The quantitative estimate of drug-likeness (QED) is 0.163. The molecule has 0 spiro atoms. The third kappa shape index (κ3) is 7.15. The van der Waals surface area contributed by atoms with Gasteiger partial charge in [0, 0.05) is 67.9 Å². The number of rotatable bonds is 9. The zero-order valence-electron chi connectivity index (χ0n) is 27.5. The van der Waals surface area contributed by atoms with E-state index < -0.39 is 0 Å². The average molecular weight is 643 g/mol. The van der Waals surface area contributed by atoms with E-state index in [1.165, 1.54) is 16.8 Å². The van der Waals surface area contributed by atoms with Crippen LogP contribution in [0.2, 0.25) is 0 Å². The number of nitrogens with one attached hydrogen (secondary N) is 2. The van der Waals surface area contributed by atoms with E-state index in [0.29, 0.717) is 5.95 Å². The first-order valence-corrected chi connectivity index (χ1v) is 17.1. The molecule has 0 unspecified atom stereocenters. The number of piperidine rings is 1.